The van der Waals surface area contributed by atoms with E-state index in [1.807, 2.05) is 11.3 Å². The Bertz CT molecular complexity index is 1590. The summed E-state index contributed by atoms with van der Waals surface area (Å²) in [4.78, 5) is 2.65. The zero-order valence-corrected chi connectivity index (χ0v) is 19.8. The maximum Gasteiger partial charge on any atom is 0.0434 e. The minimum Gasteiger partial charge on any atom is -0.134 e. The van der Waals surface area contributed by atoms with Gasteiger partial charge in [-0.25, -0.2) is 0 Å². The van der Waals surface area contributed by atoms with Crippen molar-refractivity contribution in [3.63, 3.8) is 0 Å². The predicted molar refractivity (Wildman–Crippen MR) is 148 cm³/mol. The van der Waals surface area contributed by atoms with Gasteiger partial charge in [0, 0.05) is 26.1 Å². The van der Waals surface area contributed by atoms with Crippen LogP contribution in [0.5, 0.6) is 0 Å². The molecule has 0 amide bonds. The molecule has 34 heavy (non-hydrogen) atoms. The Morgan fingerprint density at radius 1 is 0.412 bits per heavy atom. The second-order valence-corrected chi connectivity index (χ2v) is 9.69. The van der Waals surface area contributed by atoms with E-state index in [4.69, 9.17) is 0 Å². The first-order chi connectivity index (χ1) is 16.8. The molecule has 0 N–H and O–H groups in total. The molecule has 5 aromatic carbocycles. The van der Waals surface area contributed by atoms with Crippen molar-refractivity contribution in [2.75, 3.05) is 0 Å². The molecule has 6 aromatic rings. The highest BCUT2D eigenvalue weighted by Gasteiger charge is 2.17. The molecule has 0 spiro atoms. The molecule has 0 nitrogen and oxygen atoms in total. The number of fused-ring (bicyclic) bond motifs is 1. The fourth-order valence-corrected chi connectivity index (χ4v) is 6.00. The van der Waals surface area contributed by atoms with Crippen molar-refractivity contribution in [3.05, 3.63) is 133 Å². The van der Waals surface area contributed by atoms with E-state index in [1.54, 1.807) is 0 Å². The van der Waals surface area contributed by atoms with Gasteiger partial charge in [-0.05, 0) is 46.9 Å². The molecule has 0 unspecified atom stereocenters. The molecule has 6 rings (SSSR count). The number of benzene rings is 5. The molecule has 1 heteroatoms. The van der Waals surface area contributed by atoms with E-state index in [1.165, 1.54) is 59.5 Å². The summed E-state index contributed by atoms with van der Waals surface area (Å²) in [5.74, 6) is 0. The third-order valence-electron chi connectivity index (χ3n) is 6.36. The van der Waals surface area contributed by atoms with Crippen LogP contribution in [0.3, 0.4) is 0 Å². The Hall–Kier alpha value is -3.94. The van der Waals surface area contributed by atoms with Gasteiger partial charge in [0.25, 0.3) is 0 Å². The standard InChI is InChI=1S/C33H24S/c1-23-19-20-28(25-13-6-3-7-14-25)31(21-23)33-30-18-9-8-17-29(30)32(34-33)27-16-10-15-26(22-27)24-11-4-2-5-12-24/h2-22H,1H3. The van der Waals surface area contributed by atoms with Crippen molar-refractivity contribution in [2.45, 2.75) is 6.92 Å². The van der Waals surface area contributed by atoms with Crippen molar-refractivity contribution < 1.29 is 0 Å². The molecule has 0 atom stereocenters. The summed E-state index contributed by atoms with van der Waals surface area (Å²) in [7, 11) is 0. The average Bonchev–Trinajstić information content (AvgIpc) is 3.29. The minimum atomic E-state index is 1.25. The van der Waals surface area contributed by atoms with E-state index in [2.05, 4.69) is 134 Å². The van der Waals surface area contributed by atoms with E-state index < -0.39 is 0 Å². The van der Waals surface area contributed by atoms with Gasteiger partial charge in [0.15, 0.2) is 0 Å². The lowest BCUT2D eigenvalue weighted by atomic mass is 9.95. The first-order valence-corrected chi connectivity index (χ1v) is 12.4. The minimum absolute atomic E-state index is 1.25. The third kappa shape index (κ3) is 3.75. The van der Waals surface area contributed by atoms with Crippen LogP contribution in [0.4, 0.5) is 0 Å². The summed E-state index contributed by atoms with van der Waals surface area (Å²) in [6, 6.07) is 45.9. The van der Waals surface area contributed by atoms with Crippen LogP contribution in [0.2, 0.25) is 0 Å². The monoisotopic (exact) mass is 452 g/mol. The molecular formula is C33H24S. The lowest BCUT2D eigenvalue weighted by Crippen LogP contribution is -1.85. The first kappa shape index (κ1) is 20.7. The van der Waals surface area contributed by atoms with Crippen LogP contribution in [-0.2, 0) is 0 Å². The van der Waals surface area contributed by atoms with Crippen LogP contribution in [0, 0.1) is 6.92 Å². The van der Waals surface area contributed by atoms with Crippen LogP contribution >= 0.6 is 11.3 Å². The summed E-state index contributed by atoms with van der Waals surface area (Å²) in [5.41, 5.74) is 8.87. The maximum atomic E-state index is 2.34. The van der Waals surface area contributed by atoms with E-state index in [0.717, 1.165) is 0 Å². The zero-order chi connectivity index (χ0) is 22.9. The van der Waals surface area contributed by atoms with Gasteiger partial charge < -0.3 is 0 Å². The van der Waals surface area contributed by atoms with Crippen LogP contribution in [0.1, 0.15) is 5.56 Å². The number of aryl methyl sites for hydroxylation is 1. The number of hydrogen-bond acceptors (Lipinski definition) is 1. The Labute approximate surface area is 204 Å². The van der Waals surface area contributed by atoms with Crippen molar-refractivity contribution in [1.82, 2.24) is 0 Å². The van der Waals surface area contributed by atoms with Crippen LogP contribution in [0.15, 0.2) is 127 Å². The number of rotatable bonds is 4. The molecule has 0 aliphatic heterocycles. The summed E-state index contributed by atoms with van der Waals surface area (Å²) in [5, 5.41) is 2.63. The number of hydrogen-bond donors (Lipinski definition) is 0. The molecule has 1 aromatic heterocycles. The average molecular weight is 453 g/mol. The largest absolute Gasteiger partial charge is 0.134 e. The van der Waals surface area contributed by atoms with E-state index in [9.17, 15) is 0 Å². The number of thiophene rings is 1. The second kappa shape index (κ2) is 8.78. The summed E-state index contributed by atoms with van der Waals surface area (Å²) >= 11 is 1.90. The Morgan fingerprint density at radius 3 is 1.74 bits per heavy atom. The Kier molecular flexibility index (Phi) is 5.33. The topological polar surface area (TPSA) is 0 Å². The van der Waals surface area contributed by atoms with Gasteiger partial charge in [0.05, 0.1) is 0 Å². The van der Waals surface area contributed by atoms with Crippen LogP contribution in [-0.4, -0.2) is 0 Å². The van der Waals surface area contributed by atoms with Gasteiger partial charge in [-0.2, -0.15) is 0 Å². The highest BCUT2D eigenvalue weighted by atomic mass is 32.1. The molecule has 0 saturated carbocycles. The fourth-order valence-electron chi connectivity index (χ4n) is 4.69. The summed E-state index contributed by atoms with van der Waals surface area (Å²) in [6.07, 6.45) is 0. The smallest absolute Gasteiger partial charge is 0.0434 e. The molecule has 1 heterocycles. The van der Waals surface area contributed by atoms with Crippen molar-refractivity contribution >= 4 is 22.1 Å². The van der Waals surface area contributed by atoms with Gasteiger partial charge in [-0.1, -0.05) is 121 Å². The SMILES string of the molecule is Cc1ccc(-c2ccccc2)c(-c2sc(-c3cccc(-c4ccccc4)c3)c3ccccc23)c1. The second-order valence-electron chi connectivity index (χ2n) is 8.67. The molecule has 0 bridgehead atoms. The summed E-state index contributed by atoms with van der Waals surface area (Å²) in [6.45, 7) is 2.18. The lowest BCUT2D eigenvalue weighted by molar-refractivity contribution is 1.47. The van der Waals surface area contributed by atoms with E-state index in [0.29, 0.717) is 0 Å². The van der Waals surface area contributed by atoms with Gasteiger partial charge in [-0.15, -0.1) is 11.3 Å². The molecule has 0 aliphatic rings. The van der Waals surface area contributed by atoms with Gasteiger partial charge >= 0.3 is 0 Å². The molecule has 0 radical (unpaired) electrons. The predicted octanol–water partition coefficient (Wildman–Crippen LogP) is 9.88. The lowest BCUT2D eigenvalue weighted by Gasteiger charge is -2.10. The van der Waals surface area contributed by atoms with Gasteiger partial charge in [0.1, 0.15) is 0 Å². The van der Waals surface area contributed by atoms with E-state index >= 15 is 0 Å². The zero-order valence-electron chi connectivity index (χ0n) is 19.0. The van der Waals surface area contributed by atoms with E-state index in [-0.39, 0.29) is 0 Å². The molecule has 0 fully saturated rings. The molecular weight excluding hydrogens is 428 g/mol. The molecule has 0 saturated heterocycles. The third-order valence-corrected chi connectivity index (χ3v) is 7.66. The van der Waals surface area contributed by atoms with Crippen molar-refractivity contribution in [3.8, 4) is 43.1 Å². The fraction of sp³-hybridized carbons (Fsp3) is 0.0303. The Morgan fingerprint density at radius 2 is 1.00 bits per heavy atom. The first-order valence-electron chi connectivity index (χ1n) is 11.6. The highest BCUT2D eigenvalue weighted by Crippen LogP contribution is 2.47. The van der Waals surface area contributed by atoms with Crippen LogP contribution < -0.4 is 0 Å². The normalized spacial score (nSPS) is 11.1. The van der Waals surface area contributed by atoms with Crippen LogP contribution in [0.25, 0.3) is 53.9 Å². The van der Waals surface area contributed by atoms with Gasteiger partial charge in [-0.3, -0.25) is 0 Å². The highest BCUT2D eigenvalue weighted by molar-refractivity contribution is 7.21. The molecule has 162 valence electrons. The van der Waals surface area contributed by atoms with Gasteiger partial charge in [0.2, 0.25) is 0 Å². The quantitative estimate of drug-likeness (QED) is 0.250. The van der Waals surface area contributed by atoms with Crippen molar-refractivity contribution in [2.24, 2.45) is 0 Å². The van der Waals surface area contributed by atoms with Crippen molar-refractivity contribution in [1.29, 1.82) is 0 Å². The maximum absolute atomic E-state index is 2.34. The Balaban J connectivity index is 1.57. The summed E-state index contributed by atoms with van der Waals surface area (Å²) < 4.78 is 0. The molecule has 0 aliphatic carbocycles.